The van der Waals surface area contributed by atoms with E-state index in [4.69, 9.17) is 32.7 Å². The predicted octanol–water partition coefficient (Wildman–Crippen LogP) is 5.59. The topological polar surface area (TPSA) is 77.0 Å². The fourth-order valence-electron chi connectivity index (χ4n) is 3.51. The summed E-state index contributed by atoms with van der Waals surface area (Å²) in [6, 6.07) is 11.4. The summed E-state index contributed by atoms with van der Waals surface area (Å²) in [6.07, 6.45) is 4.55. The molecule has 2 aromatic carbocycles. The summed E-state index contributed by atoms with van der Waals surface area (Å²) in [5, 5.41) is 4.38. The Balaban J connectivity index is 1.48. The molecule has 2 aromatic rings. The molecule has 0 fully saturated rings. The summed E-state index contributed by atoms with van der Waals surface area (Å²) in [4.78, 5) is 29.5. The number of hydrogen-bond donors (Lipinski definition) is 1. The van der Waals surface area contributed by atoms with E-state index in [1.54, 1.807) is 18.2 Å². The van der Waals surface area contributed by atoms with Gasteiger partial charge in [0.25, 0.3) is 5.91 Å². The van der Waals surface area contributed by atoms with E-state index in [1.807, 2.05) is 36.0 Å². The lowest BCUT2D eigenvalue weighted by Crippen LogP contribution is -2.43. The first-order valence-electron chi connectivity index (χ1n) is 11.2. The molecule has 9 heteroatoms. The van der Waals surface area contributed by atoms with Crippen molar-refractivity contribution in [2.45, 2.75) is 38.1 Å². The smallest absolute Gasteiger partial charge is 0.328 e. The Hall–Kier alpha value is -2.22. The highest BCUT2D eigenvalue weighted by Gasteiger charge is 2.25. The van der Waals surface area contributed by atoms with Crippen molar-refractivity contribution >= 4 is 51.9 Å². The minimum absolute atomic E-state index is 0.124. The van der Waals surface area contributed by atoms with Gasteiger partial charge in [0.05, 0.1) is 34.4 Å². The molecule has 1 heterocycles. The number of halogens is 2. The number of carbonyl (C=O) groups excluding carboxylic acids is 2. The van der Waals surface area contributed by atoms with Crippen LogP contribution in [-0.4, -0.2) is 49.0 Å². The van der Waals surface area contributed by atoms with E-state index in [-0.39, 0.29) is 22.0 Å². The number of methoxy groups -OCH3 is 1. The Morgan fingerprint density at radius 2 is 1.82 bits per heavy atom. The number of rotatable bonds is 12. The van der Waals surface area contributed by atoms with Crippen LogP contribution >= 0.6 is 35.0 Å². The number of benzene rings is 2. The van der Waals surface area contributed by atoms with Gasteiger partial charge in [-0.1, -0.05) is 41.4 Å². The molecule has 0 unspecified atom stereocenters. The van der Waals surface area contributed by atoms with E-state index in [0.29, 0.717) is 6.61 Å². The van der Waals surface area contributed by atoms with Crippen molar-refractivity contribution in [3.8, 4) is 5.75 Å². The molecule has 0 saturated carbocycles. The molecule has 1 N–H and O–H groups in total. The second-order valence-electron chi connectivity index (χ2n) is 7.78. The Labute approximate surface area is 214 Å². The highest BCUT2D eigenvalue weighted by molar-refractivity contribution is 8.14. The fourth-order valence-corrected chi connectivity index (χ4v) is 4.97. The van der Waals surface area contributed by atoms with Crippen molar-refractivity contribution in [1.29, 1.82) is 0 Å². The molecule has 6 nitrogen and oxygen atoms in total. The first kappa shape index (κ1) is 26.4. The molecule has 1 amide bonds. The number of esters is 1. The van der Waals surface area contributed by atoms with Crippen LogP contribution in [0.15, 0.2) is 47.5 Å². The second kappa shape index (κ2) is 13.6. The van der Waals surface area contributed by atoms with Crippen molar-refractivity contribution < 1.29 is 19.1 Å². The van der Waals surface area contributed by atoms with E-state index >= 15 is 0 Å². The van der Waals surface area contributed by atoms with Gasteiger partial charge < -0.3 is 14.8 Å². The van der Waals surface area contributed by atoms with E-state index in [1.165, 1.54) is 12.2 Å². The van der Waals surface area contributed by atoms with Crippen molar-refractivity contribution in [3.05, 3.63) is 63.6 Å². The number of amides is 1. The van der Waals surface area contributed by atoms with Crippen LogP contribution in [0, 0.1) is 0 Å². The molecule has 1 aliphatic heterocycles. The molecule has 3 rings (SSSR count). The predicted molar refractivity (Wildman–Crippen MR) is 139 cm³/mol. The Kier molecular flexibility index (Phi) is 10.6. The number of ether oxygens (including phenoxy) is 2. The quantitative estimate of drug-likeness (QED) is 0.290. The highest BCUT2D eigenvalue weighted by Crippen LogP contribution is 2.24. The lowest BCUT2D eigenvalue weighted by Gasteiger charge is -2.18. The molecule has 34 heavy (non-hydrogen) atoms. The van der Waals surface area contributed by atoms with Gasteiger partial charge in [-0.15, -0.1) is 11.8 Å². The average molecular weight is 523 g/mol. The van der Waals surface area contributed by atoms with Gasteiger partial charge in [-0.3, -0.25) is 9.79 Å². The van der Waals surface area contributed by atoms with Crippen molar-refractivity contribution in [2.75, 3.05) is 26.0 Å². The van der Waals surface area contributed by atoms with Crippen molar-refractivity contribution in [3.63, 3.8) is 0 Å². The summed E-state index contributed by atoms with van der Waals surface area (Å²) < 4.78 is 10.7. The van der Waals surface area contributed by atoms with E-state index in [2.05, 4.69) is 10.3 Å². The third kappa shape index (κ3) is 7.93. The fraction of sp³-hybridized carbons (Fsp3) is 0.400. The van der Waals surface area contributed by atoms with Crippen LogP contribution in [0.2, 0.25) is 10.0 Å². The monoisotopic (exact) mass is 522 g/mol. The molecule has 0 radical (unpaired) electrons. The van der Waals surface area contributed by atoms with Crippen LogP contribution in [0.3, 0.4) is 0 Å². The molecule has 182 valence electrons. The number of nitrogens with one attached hydrogen (secondary N) is 1. The number of nitrogens with zero attached hydrogens (tertiary/aromatic N) is 1. The summed E-state index contributed by atoms with van der Waals surface area (Å²) in [5.74, 6) is 0.793. The van der Waals surface area contributed by atoms with Crippen LogP contribution in [0.1, 0.15) is 41.6 Å². The van der Waals surface area contributed by atoms with Gasteiger partial charge in [0.1, 0.15) is 11.8 Å². The van der Waals surface area contributed by atoms with Gasteiger partial charge in [0.15, 0.2) is 0 Å². The molecular weight excluding hydrogens is 495 g/mol. The van der Waals surface area contributed by atoms with Gasteiger partial charge in [-0.05, 0) is 55.5 Å². The molecular formula is C25H28Cl2N2O4S. The Bertz CT molecular complexity index is 994. The van der Waals surface area contributed by atoms with E-state index < -0.39 is 17.9 Å². The molecule has 0 aliphatic carbocycles. The van der Waals surface area contributed by atoms with Crippen LogP contribution in [-0.2, 0) is 16.0 Å². The number of aliphatic imine (C=N–C) groups is 1. The van der Waals surface area contributed by atoms with Gasteiger partial charge in [-0.2, -0.15) is 0 Å². The van der Waals surface area contributed by atoms with Gasteiger partial charge in [-0.25, -0.2) is 4.79 Å². The minimum Gasteiger partial charge on any atom is -0.494 e. The maximum atomic E-state index is 12.7. The normalized spacial score (nSPS) is 13.8. The van der Waals surface area contributed by atoms with Gasteiger partial charge >= 0.3 is 5.97 Å². The molecule has 0 saturated heterocycles. The molecule has 0 aromatic heterocycles. The lowest BCUT2D eigenvalue weighted by atomic mass is 10.0. The SMILES string of the molecule is COC(=O)[C@H](Cc1ccc(OCCCCCC2=NCCS2)cc1)NC(=O)c1c(Cl)cccc1Cl. The third-order valence-electron chi connectivity index (χ3n) is 5.30. The zero-order valence-corrected chi connectivity index (χ0v) is 21.3. The highest BCUT2D eigenvalue weighted by atomic mass is 35.5. The maximum absolute atomic E-state index is 12.7. The minimum atomic E-state index is -0.890. The average Bonchev–Trinajstić information content (AvgIpc) is 3.35. The summed E-state index contributed by atoms with van der Waals surface area (Å²) in [7, 11) is 1.28. The first-order chi connectivity index (χ1) is 16.5. The van der Waals surface area contributed by atoms with Crippen LogP contribution in [0.4, 0.5) is 0 Å². The zero-order chi connectivity index (χ0) is 24.3. The van der Waals surface area contributed by atoms with E-state index in [9.17, 15) is 9.59 Å². The van der Waals surface area contributed by atoms with Crippen LogP contribution in [0.25, 0.3) is 0 Å². The zero-order valence-electron chi connectivity index (χ0n) is 19.0. The third-order valence-corrected chi connectivity index (χ3v) is 6.98. The van der Waals surface area contributed by atoms with Crippen molar-refractivity contribution in [2.24, 2.45) is 4.99 Å². The molecule has 0 spiro atoms. The summed E-state index contributed by atoms with van der Waals surface area (Å²) in [5.41, 5.74) is 0.974. The Morgan fingerprint density at radius 1 is 1.09 bits per heavy atom. The second-order valence-corrected chi connectivity index (χ2v) is 9.76. The number of hydrogen-bond acceptors (Lipinski definition) is 6. The van der Waals surface area contributed by atoms with E-state index in [0.717, 1.165) is 49.3 Å². The number of carbonyl (C=O) groups is 2. The maximum Gasteiger partial charge on any atom is 0.328 e. The molecule has 0 bridgehead atoms. The number of unbranched alkanes of at least 4 members (excludes halogenated alkanes) is 2. The molecule has 1 aliphatic rings. The summed E-state index contributed by atoms with van der Waals surface area (Å²) >= 11 is 14.1. The number of thioether (sulfide) groups is 1. The molecule has 1 atom stereocenters. The van der Waals surface area contributed by atoms with Crippen molar-refractivity contribution in [1.82, 2.24) is 5.32 Å². The van der Waals surface area contributed by atoms with Gasteiger partial charge in [0.2, 0.25) is 0 Å². The van der Waals surface area contributed by atoms with Crippen LogP contribution < -0.4 is 10.1 Å². The van der Waals surface area contributed by atoms with Gasteiger partial charge in [0, 0.05) is 18.7 Å². The first-order valence-corrected chi connectivity index (χ1v) is 12.9. The standard InChI is InChI=1S/C25H28Cl2N2O4S/c1-32-25(31)21(29-24(30)23-19(26)6-5-7-20(23)27)16-17-9-11-18(12-10-17)33-14-4-2-3-8-22-28-13-15-34-22/h5-7,9-12,21H,2-4,8,13-16H2,1H3,(H,29,30)/t21-/m0/s1. The summed E-state index contributed by atoms with van der Waals surface area (Å²) in [6.45, 7) is 1.61. The lowest BCUT2D eigenvalue weighted by molar-refractivity contribution is -0.142. The Morgan fingerprint density at radius 3 is 2.47 bits per heavy atom. The largest absolute Gasteiger partial charge is 0.494 e. The van der Waals surface area contributed by atoms with Crippen LogP contribution in [0.5, 0.6) is 5.75 Å².